The third-order valence-electron chi connectivity index (χ3n) is 1.67. The van der Waals surface area contributed by atoms with Gasteiger partial charge in [-0.1, -0.05) is 0 Å². The van der Waals surface area contributed by atoms with Crippen LogP contribution in [0.3, 0.4) is 0 Å². The van der Waals surface area contributed by atoms with E-state index in [1.165, 1.54) is 0 Å². The molecule has 0 atom stereocenters. The van der Waals surface area contributed by atoms with Crippen LogP contribution in [0, 0.1) is 0 Å². The number of aromatic nitrogens is 2. The molecule has 0 saturated carbocycles. The number of aromatic amines is 1. The average molecular weight is 282 g/mol. The van der Waals surface area contributed by atoms with Crippen molar-refractivity contribution in [2.75, 3.05) is 0 Å². The fourth-order valence-corrected chi connectivity index (χ4v) is 0.922. The average Bonchev–Trinajstić information content (AvgIpc) is 2.71. The van der Waals surface area contributed by atoms with Crippen molar-refractivity contribution in [3.8, 4) is 0 Å². The molecule has 9 nitrogen and oxygen atoms in total. The van der Waals surface area contributed by atoms with E-state index in [4.69, 9.17) is 15.3 Å². The number of hydrogen-bond acceptors (Lipinski definition) is 6. The molecule has 0 saturated heterocycles. The van der Waals surface area contributed by atoms with Gasteiger partial charge in [0.2, 0.25) is 0 Å². The van der Waals surface area contributed by atoms with Crippen LogP contribution in [0.5, 0.6) is 0 Å². The molecule has 0 fully saturated rings. The van der Waals surface area contributed by atoms with Gasteiger partial charge in [0, 0.05) is 12.4 Å². The monoisotopic (exact) mass is 282 g/mol. The van der Waals surface area contributed by atoms with Crippen molar-refractivity contribution in [2.24, 2.45) is 0 Å². The summed E-state index contributed by atoms with van der Waals surface area (Å²) >= 11 is 0. The first kappa shape index (κ1) is 19.9. The predicted octanol–water partition coefficient (Wildman–Crippen LogP) is -5.17. The summed E-state index contributed by atoms with van der Waals surface area (Å²) in [6.45, 7) is 0. The first-order chi connectivity index (χ1) is 8.28. The second-order valence-corrected chi connectivity index (χ2v) is 3.22. The molecule has 0 bridgehead atoms. The molecular formula is C9H11N2NaO7. The van der Waals surface area contributed by atoms with E-state index in [0.29, 0.717) is 0 Å². The van der Waals surface area contributed by atoms with Crippen LogP contribution in [-0.4, -0.2) is 48.8 Å². The van der Waals surface area contributed by atoms with E-state index in [1.807, 2.05) is 0 Å². The maximum Gasteiger partial charge on any atom is 1.00 e. The summed E-state index contributed by atoms with van der Waals surface area (Å²) in [7, 11) is 0. The smallest absolute Gasteiger partial charge is 0.547 e. The maximum absolute atomic E-state index is 10.2. The summed E-state index contributed by atoms with van der Waals surface area (Å²) in [5.41, 5.74) is -2.85. The number of carbonyl (C=O) groups is 3. The van der Waals surface area contributed by atoms with Crippen molar-refractivity contribution in [2.45, 2.75) is 18.4 Å². The Morgan fingerprint density at radius 3 is 1.84 bits per heavy atom. The van der Waals surface area contributed by atoms with Crippen LogP contribution in [0.2, 0.25) is 0 Å². The van der Waals surface area contributed by atoms with Crippen molar-refractivity contribution in [1.29, 1.82) is 0 Å². The number of nitrogens with one attached hydrogen (secondary N) is 1. The summed E-state index contributed by atoms with van der Waals surface area (Å²) in [5, 5.41) is 35.5. The molecule has 10 heteroatoms. The number of carboxylic acids is 3. The van der Waals surface area contributed by atoms with Gasteiger partial charge in [-0.3, -0.25) is 9.59 Å². The largest absolute Gasteiger partial charge is 1.00 e. The first-order valence-corrected chi connectivity index (χ1v) is 4.58. The molecule has 0 aliphatic heterocycles. The van der Waals surface area contributed by atoms with E-state index in [1.54, 1.807) is 18.7 Å². The van der Waals surface area contributed by atoms with Gasteiger partial charge < -0.3 is 30.2 Å². The molecule has 4 N–H and O–H groups in total. The normalized spacial score (nSPS) is 9.53. The Labute approximate surface area is 129 Å². The zero-order valence-electron chi connectivity index (χ0n) is 10.1. The number of carbonyl (C=O) groups excluding carboxylic acids is 1. The standard InChI is InChI=1S/C6H8O7.C3H4N2.Na/c7-3(8)1-6(13,5(11)12)2-4(9)10;1-2-5-3-4-1;/h13H,1-2H2,(H,7,8)(H,9,10)(H,11,12);1-3H,(H,4,5);/q;;+1/p-1. The van der Waals surface area contributed by atoms with Gasteiger partial charge in [-0.15, -0.1) is 0 Å². The van der Waals surface area contributed by atoms with Crippen molar-refractivity contribution in [1.82, 2.24) is 9.97 Å². The fraction of sp³-hybridized carbons (Fsp3) is 0.333. The Morgan fingerprint density at radius 2 is 1.68 bits per heavy atom. The van der Waals surface area contributed by atoms with E-state index in [9.17, 15) is 19.5 Å². The summed E-state index contributed by atoms with van der Waals surface area (Å²) in [5.74, 6) is -5.35. The molecule has 0 aliphatic rings. The van der Waals surface area contributed by atoms with Gasteiger partial charge in [0.25, 0.3) is 0 Å². The maximum atomic E-state index is 10.2. The Balaban J connectivity index is 0. The molecule has 0 spiro atoms. The molecule has 1 aromatic heterocycles. The number of imidazole rings is 1. The number of aliphatic hydroxyl groups is 1. The fourth-order valence-electron chi connectivity index (χ4n) is 0.922. The third kappa shape index (κ3) is 9.19. The summed E-state index contributed by atoms with van der Waals surface area (Å²) in [6, 6.07) is 0. The summed E-state index contributed by atoms with van der Waals surface area (Å²) in [4.78, 5) is 36.7. The zero-order chi connectivity index (χ0) is 14.2. The summed E-state index contributed by atoms with van der Waals surface area (Å²) < 4.78 is 0. The minimum absolute atomic E-state index is 0. The van der Waals surface area contributed by atoms with E-state index < -0.39 is 36.4 Å². The number of nitrogens with zero attached hydrogens (tertiary/aromatic N) is 1. The molecule has 1 rings (SSSR count). The third-order valence-corrected chi connectivity index (χ3v) is 1.67. The van der Waals surface area contributed by atoms with Crippen molar-refractivity contribution in [3.63, 3.8) is 0 Å². The number of carboxylic acid groups (broad SMARTS) is 3. The minimum atomic E-state index is -2.85. The van der Waals surface area contributed by atoms with E-state index >= 15 is 0 Å². The van der Waals surface area contributed by atoms with Crippen LogP contribution in [0.15, 0.2) is 18.7 Å². The van der Waals surface area contributed by atoms with Gasteiger partial charge in [0.1, 0.15) is 5.60 Å². The summed E-state index contributed by atoms with van der Waals surface area (Å²) in [6.07, 6.45) is 2.67. The number of hydrogen-bond donors (Lipinski definition) is 4. The van der Waals surface area contributed by atoms with Crippen molar-refractivity contribution >= 4 is 17.9 Å². The molecule has 19 heavy (non-hydrogen) atoms. The second kappa shape index (κ2) is 9.50. The molecule has 0 radical (unpaired) electrons. The van der Waals surface area contributed by atoms with Crippen LogP contribution < -0.4 is 34.7 Å². The van der Waals surface area contributed by atoms with Gasteiger partial charge in [0.05, 0.1) is 25.1 Å². The van der Waals surface area contributed by atoms with Gasteiger partial charge in [-0.05, 0) is 0 Å². The quantitative estimate of drug-likeness (QED) is 0.389. The molecule has 1 heterocycles. The molecule has 0 amide bonds. The number of rotatable bonds is 5. The SMILES string of the molecule is O=C(O)CC(O)(CC(=O)O)C(=O)[O-].[Na+].c1c[nH]cn1. The van der Waals surface area contributed by atoms with Gasteiger partial charge in [0.15, 0.2) is 0 Å². The van der Waals surface area contributed by atoms with Crippen LogP contribution in [0.4, 0.5) is 0 Å². The minimum Gasteiger partial charge on any atom is -0.547 e. The van der Waals surface area contributed by atoms with Crippen LogP contribution in [0.1, 0.15) is 12.8 Å². The Hall–Kier alpha value is -1.42. The molecule has 0 aromatic carbocycles. The molecule has 0 aliphatic carbocycles. The van der Waals surface area contributed by atoms with Crippen LogP contribution in [-0.2, 0) is 14.4 Å². The molecule has 1 aromatic rings. The van der Waals surface area contributed by atoms with Gasteiger partial charge in [-0.25, -0.2) is 4.98 Å². The molecule has 0 unspecified atom stereocenters. The van der Waals surface area contributed by atoms with Crippen LogP contribution >= 0.6 is 0 Å². The predicted molar refractivity (Wildman–Crippen MR) is 53.1 cm³/mol. The Kier molecular flexibility index (Phi) is 9.96. The Bertz CT molecular complexity index is 373. The topological polar surface area (TPSA) is 164 Å². The van der Waals surface area contributed by atoms with E-state index in [0.717, 1.165) is 0 Å². The van der Waals surface area contributed by atoms with Crippen molar-refractivity contribution in [3.05, 3.63) is 18.7 Å². The number of H-pyrrole nitrogens is 1. The van der Waals surface area contributed by atoms with Gasteiger partial charge in [-0.2, -0.15) is 0 Å². The molecular weight excluding hydrogens is 271 g/mol. The van der Waals surface area contributed by atoms with E-state index in [2.05, 4.69) is 9.97 Å². The molecule has 100 valence electrons. The first-order valence-electron chi connectivity index (χ1n) is 4.58. The number of aliphatic carboxylic acids is 3. The van der Waals surface area contributed by atoms with Gasteiger partial charge >= 0.3 is 41.5 Å². The Morgan fingerprint density at radius 1 is 1.21 bits per heavy atom. The van der Waals surface area contributed by atoms with Crippen molar-refractivity contribution < 1.29 is 64.4 Å². The van der Waals surface area contributed by atoms with Crippen LogP contribution in [0.25, 0.3) is 0 Å². The zero-order valence-corrected chi connectivity index (χ0v) is 12.1. The second-order valence-electron chi connectivity index (χ2n) is 3.22. The van der Waals surface area contributed by atoms with E-state index in [-0.39, 0.29) is 29.6 Å².